The quantitative estimate of drug-likeness (QED) is 0.436. The van der Waals surface area contributed by atoms with Gasteiger partial charge in [-0.1, -0.05) is 0 Å². The van der Waals surface area contributed by atoms with Crippen LogP contribution in [0, 0.1) is 0 Å². The third-order valence-electron chi connectivity index (χ3n) is 2.70. The smallest absolute Gasteiger partial charge is 0.322 e. The molecule has 1 atom stereocenters. The molecule has 0 aromatic heterocycles. The molecule has 3 N–H and O–H groups in total. The summed E-state index contributed by atoms with van der Waals surface area (Å²) in [6, 6.07) is -0.355. The van der Waals surface area contributed by atoms with Crippen molar-refractivity contribution in [1.82, 2.24) is 16.0 Å². The minimum absolute atomic E-state index is 0.166. The second kappa shape index (κ2) is 2.99. The maximum absolute atomic E-state index is 11.5. The van der Waals surface area contributed by atoms with Gasteiger partial charge in [-0.3, -0.25) is 10.1 Å². The minimum Gasteiger partial charge on any atom is -0.323 e. The lowest BCUT2D eigenvalue weighted by Crippen LogP contribution is -2.47. The summed E-state index contributed by atoms with van der Waals surface area (Å²) in [6.45, 7) is 1.71. The average molecular weight is 183 g/mol. The van der Waals surface area contributed by atoms with Gasteiger partial charge in [-0.2, -0.15) is 0 Å². The predicted molar refractivity (Wildman–Crippen MR) is 46.1 cm³/mol. The van der Waals surface area contributed by atoms with Crippen LogP contribution in [0.2, 0.25) is 0 Å². The van der Waals surface area contributed by atoms with E-state index in [-0.39, 0.29) is 11.9 Å². The Labute approximate surface area is 76.3 Å². The van der Waals surface area contributed by atoms with E-state index in [0.717, 1.165) is 25.9 Å². The average Bonchev–Trinajstić information content (AvgIpc) is 2.29. The first-order valence-electron chi connectivity index (χ1n) is 4.57. The molecule has 0 saturated carbocycles. The van der Waals surface area contributed by atoms with Crippen molar-refractivity contribution in [3.05, 3.63) is 0 Å². The molecule has 2 aliphatic heterocycles. The molecule has 1 spiro atoms. The molecule has 3 amide bonds. The topological polar surface area (TPSA) is 70.2 Å². The maximum atomic E-state index is 11.5. The molecule has 2 heterocycles. The number of hydrogen-bond donors (Lipinski definition) is 3. The Morgan fingerprint density at radius 1 is 1.15 bits per heavy atom. The van der Waals surface area contributed by atoms with Gasteiger partial charge in [-0.15, -0.1) is 0 Å². The Kier molecular flexibility index (Phi) is 1.95. The van der Waals surface area contributed by atoms with Gasteiger partial charge in [-0.05, 0) is 32.4 Å². The molecule has 0 bridgehead atoms. The van der Waals surface area contributed by atoms with Crippen molar-refractivity contribution in [3.63, 3.8) is 0 Å². The largest absolute Gasteiger partial charge is 0.323 e. The van der Waals surface area contributed by atoms with E-state index in [1.807, 2.05) is 0 Å². The highest BCUT2D eigenvalue weighted by molar-refractivity contribution is 6.07. The SMILES string of the molecule is O=C1NC(=O)[C@]2(CCCNCC2)N1. The summed E-state index contributed by atoms with van der Waals surface area (Å²) >= 11 is 0. The lowest BCUT2D eigenvalue weighted by atomic mass is 9.91. The zero-order valence-corrected chi connectivity index (χ0v) is 7.35. The van der Waals surface area contributed by atoms with E-state index in [1.54, 1.807) is 0 Å². The third-order valence-corrected chi connectivity index (χ3v) is 2.70. The van der Waals surface area contributed by atoms with Crippen LogP contribution < -0.4 is 16.0 Å². The Morgan fingerprint density at radius 3 is 2.69 bits per heavy atom. The molecule has 0 aromatic rings. The van der Waals surface area contributed by atoms with Gasteiger partial charge in [-0.25, -0.2) is 4.79 Å². The third kappa shape index (κ3) is 1.39. The number of imide groups is 1. The molecule has 0 aromatic carbocycles. The van der Waals surface area contributed by atoms with Crippen molar-refractivity contribution >= 4 is 11.9 Å². The molecule has 72 valence electrons. The van der Waals surface area contributed by atoms with E-state index < -0.39 is 5.54 Å². The van der Waals surface area contributed by atoms with E-state index in [2.05, 4.69) is 16.0 Å². The van der Waals surface area contributed by atoms with Crippen LogP contribution in [0.4, 0.5) is 4.79 Å². The fourth-order valence-corrected chi connectivity index (χ4v) is 1.95. The number of nitrogens with one attached hydrogen (secondary N) is 3. The summed E-state index contributed by atoms with van der Waals surface area (Å²) in [4.78, 5) is 22.5. The zero-order chi connectivity index (χ0) is 9.31. The van der Waals surface area contributed by atoms with Crippen LogP contribution in [-0.4, -0.2) is 30.6 Å². The summed E-state index contributed by atoms with van der Waals surface area (Å²) in [6.07, 6.45) is 2.34. The van der Waals surface area contributed by atoms with Crippen LogP contribution >= 0.6 is 0 Å². The second-order valence-corrected chi connectivity index (χ2v) is 3.59. The highest BCUT2D eigenvalue weighted by Gasteiger charge is 2.45. The van der Waals surface area contributed by atoms with Crippen LogP contribution in [0.1, 0.15) is 19.3 Å². The van der Waals surface area contributed by atoms with Gasteiger partial charge < -0.3 is 10.6 Å². The number of rotatable bonds is 0. The molecule has 5 heteroatoms. The van der Waals surface area contributed by atoms with Crippen LogP contribution in [0.25, 0.3) is 0 Å². The van der Waals surface area contributed by atoms with E-state index in [9.17, 15) is 9.59 Å². The maximum Gasteiger partial charge on any atom is 0.322 e. The highest BCUT2D eigenvalue weighted by atomic mass is 16.2. The molecule has 5 nitrogen and oxygen atoms in total. The second-order valence-electron chi connectivity index (χ2n) is 3.59. The number of amides is 3. The molecular weight excluding hydrogens is 170 g/mol. The van der Waals surface area contributed by atoms with Gasteiger partial charge in [0, 0.05) is 0 Å². The molecule has 2 aliphatic rings. The van der Waals surface area contributed by atoms with Crippen molar-refractivity contribution in [2.45, 2.75) is 24.8 Å². The Bertz CT molecular complexity index is 244. The zero-order valence-electron chi connectivity index (χ0n) is 7.35. The van der Waals surface area contributed by atoms with E-state index in [1.165, 1.54) is 0 Å². The number of carbonyl (C=O) groups excluding carboxylic acids is 2. The molecule has 0 unspecified atom stereocenters. The van der Waals surface area contributed by atoms with Crippen LogP contribution in [0.3, 0.4) is 0 Å². The first-order valence-corrected chi connectivity index (χ1v) is 4.57. The van der Waals surface area contributed by atoms with Crippen molar-refractivity contribution in [2.24, 2.45) is 0 Å². The molecular formula is C8H13N3O2. The monoisotopic (exact) mass is 183 g/mol. The predicted octanol–water partition coefficient (Wildman–Crippen LogP) is -0.662. The van der Waals surface area contributed by atoms with Gasteiger partial charge in [0.15, 0.2) is 0 Å². The summed E-state index contributed by atoms with van der Waals surface area (Å²) in [7, 11) is 0. The van der Waals surface area contributed by atoms with E-state index in [0.29, 0.717) is 6.42 Å². The van der Waals surface area contributed by atoms with Crippen LogP contribution in [0.5, 0.6) is 0 Å². The lowest BCUT2D eigenvalue weighted by molar-refractivity contribution is -0.124. The van der Waals surface area contributed by atoms with Crippen molar-refractivity contribution in [3.8, 4) is 0 Å². The van der Waals surface area contributed by atoms with Gasteiger partial charge in [0.2, 0.25) is 0 Å². The van der Waals surface area contributed by atoms with Crippen molar-refractivity contribution < 1.29 is 9.59 Å². The van der Waals surface area contributed by atoms with Crippen molar-refractivity contribution in [2.75, 3.05) is 13.1 Å². The fourth-order valence-electron chi connectivity index (χ4n) is 1.95. The number of urea groups is 1. The normalized spacial score (nSPS) is 34.2. The first kappa shape index (κ1) is 8.50. The molecule has 13 heavy (non-hydrogen) atoms. The summed E-state index contributed by atoms with van der Waals surface area (Å²) in [5.74, 6) is -0.166. The molecule has 2 rings (SSSR count). The minimum atomic E-state index is -0.624. The van der Waals surface area contributed by atoms with Gasteiger partial charge in [0.25, 0.3) is 5.91 Å². The molecule has 2 saturated heterocycles. The van der Waals surface area contributed by atoms with E-state index in [4.69, 9.17) is 0 Å². The summed E-state index contributed by atoms with van der Waals surface area (Å²) in [5, 5.41) is 8.21. The Hall–Kier alpha value is -1.10. The van der Waals surface area contributed by atoms with Crippen LogP contribution in [0.15, 0.2) is 0 Å². The van der Waals surface area contributed by atoms with Gasteiger partial charge in [0.05, 0.1) is 0 Å². The number of carbonyl (C=O) groups is 2. The van der Waals surface area contributed by atoms with Gasteiger partial charge in [0.1, 0.15) is 5.54 Å². The van der Waals surface area contributed by atoms with Crippen molar-refractivity contribution in [1.29, 1.82) is 0 Å². The van der Waals surface area contributed by atoms with E-state index >= 15 is 0 Å². The molecule has 0 aliphatic carbocycles. The molecule has 0 radical (unpaired) electrons. The first-order chi connectivity index (χ1) is 6.23. The standard InChI is InChI=1S/C8H13N3O2/c12-6-8(11-7(13)10-6)2-1-4-9-5-3-8/h9H,1-5H2,(H2,10,11,12,13)/t8-/m1/s1. The Balaban J connectivity index is 2.17. The Morgan fingerprint density at radius 2 is 2.00 bits per heavy atom. The van der Waals surface area contributed by atoms with Crippen LogP contribution in [-0.2, 0) is 4.79 Å². The molecule has 2 fully saturated rings. The fraction of sp³-hybridized carbons (Fsp3) is 0.750. The lowest BCUT2D eigenvalue weighted by Gasteiger charge is -2.22. The highest BCUT2D eigenvalue weighted by Crippen LogP contribution is 2.22. The summed E-state index contributed by atoms with van der Waals surface area (Å²) in [5.41, 5.74) is -0.624. The van der Waals surface area contributed by atoms with Gasteiger partial charge >= 0.3 is 6.03 Å². The number of hydrogen-bond acceptors (Lipinski definition) is 3. The summed E-state index contributed by atoms with van der Waals surface area (Å²) < 4.78 is 0.